The Balaban J connectivity index is 2.32. The highest BCUT2D eigenvalue weighted by Gasteiger charge is 2.30. The first-order valence-corrected chi connectivity index (χ1v) is 5.64. The molecule has 2 heteroatoms. The molecule has 0 radical (unpaired) electrons. The predicted octanol–water partition coefficient (Wildman–Crippen LogP) is 3.46. The Morgan fingerprint density at radius 1 is 1.07 bits per heavy atom. The molecule has 1 nitrogen and oxygen atoms in total. The van der Waals surface area contributed by atoms with E-state index in [4.69, 9.17) is 17.3 Å². The van der Waals surface area contributed by atoms with Gasteiger partial charge in [-0.2, -0.15) is 0 Å². The maximum Gasteiger partial charge on any atom is 0.0456 e. The third-order valence-electron chi connectivity index (χ3n) is 3.16. The van der Waals surface area contributed by atoms with E-state index in [1.807, 2.05) is 18.2 Å². The maximum atomic E-state index is 6.40. The number of hydrogen-bond acceptors (Lipinski definition) is 1. The van der Waals surface area contributed by atoms with Gasteiger partial charge >= 0.3 is 0 Å². The summed E-state index contributed by atoms with van der Waals surface area (Å²) in [7, 11) is 0. The molecule has 1 fully saturated rings. The summed E-state index contributed by atoms with van der Waals surface area (Å²) in [4.78, 5) is 0. The molecule has 0 aliphatic heterocycles. The molecule has 2 rings (SSSR count). The van der Waals surface area contributed by atoms with Crippen molar-refractivity contribution in [3.8, 4) is 0 Å². The van der Waals surface area contributed by atoms with Crippen LogP contribution in [0.5, 0.6) is 0 Å². The molecule has 0 bridgehead atoms. The van der Waals surface area contributed by atoms with E-state index in [1.54, 1.807) is 0 Å². The third kappa shape index (κ3) is 1.79. The van der Waals surface area contributed by atoms with Crippen LogP contribution >= 0.6 is 11.6 Å². The smallest absolute Gasteiger partial charge is 0.0456 e. The molecule has 0 heterocycles. The van der Waals surface area contributed by atoms with E-state index in [9.17, 15) is 0 Å². The van der Waals surface area contributed by atoms with Crippen LogP contribution in [0.15, 0.2) is 24.3 Å². The lowest BCUT2D eigenvalue weighted by molar-refractivity contribution is 0.302. The van der Waals surface area contributed by atoms with Gasteiger partial charge < -0.3 is 5.73 Å². The number of nitrogens with two attached hydrogens (primary N) is 1. The van der Waals surface area contributed by atoms with E-state index in [-0.39, 0.29) is 5.54 Å². The zero-order chi connectivity index (χ0) is 10.0. The number of hydrogen-bond donors (Lipinski definition) is 1. The van der Waals surface area contributed by atoms with Crippen molar-refractivity contribution < 1.29 is 0 Å². The fraction of sp³-hybridized carbons (Fsp3) is 0.500. The molecule has 14 heavy (non-hydrogen) atoms. The maximum absolute atomic E-state index is 6.40. The van der Waals surface area contributed by atoms with Gasteiger partial charge in [0.05, 0.1) is 0 Å². The van der Waals surface area contributed by atoms with Gasteiger partial charge in [-0.15, -0.1) is 0 Å². The average Bonchev–Trinajstić information content (AvgIpc) is 2.19. The Bertz CT molecular complexity index is 316. The van der Waals surface area contributed by atoms with E-state index in [0.717, 1.165) is 23.4 Å². The lowest BCUT2D eigenvalue weighted by Gasteiger charge is -2.34. The van der Waals surface area contributed by atoms with E-state index < -0.39 is 0 Å². The summed E-state index contributed by atoms with van der Waals surface area (Å²) in [5, 5.41) is 0.817. The summed E-state index contributed by atoms with van der Waals surface area (Å²) in [5.74, 6) is 0. The van der Waals surface area contributed by atoms with E-state index in [0.29, 0.717) is 0 Å². The summed E-state index contributed by atoms with van der Waals surface area (Å²) < 4.78 is 0. The first-order valence-electron chi connectivity index (χ1n) is 5.26. The molecule has 0 unspecified atom stereocenters. The molecule has 1 aliphatic rings. The normalized spacial score (nSPS) is 20.7. The Morgan fingerprint density at radius 2 is 1.71 bits per heavy atom. The quantitative estimate of drug-likeness (QED) is 0.753. The van der Waals surface area contributed by atoms with Crippen molar-refractivity contribution in [2.24, 2.45) is 5.73 Å². The highest BCUT2D eigenvalue weighted by molar-refractivity contribution is 6.31. The molecule has 0 atom stereocenters. The zero-order valence-electron chi connectivity index (χ0n) is 8.30. The molecule has 0 spiro atoms. The van der Waals surface area contributed by atoms with Crippen LogP contribution in [0.4, 0.5) is 0 Å². The van der Waals surface area contributed by atoms with Crippen LogP contribution in [-0.4, -0.2) is 0 Å². The molecule has 1 saturated carbocycles. The second-order valence-corrected chi connectivity index (χ2v) is 4.60. The minimum Gasteiger partial charge on any atom is -0.321 e. The van der Waals surface area contributed by atoms with Crippen LogP contribution < -0.4 is 5.73 Å². The van der Waals surface area contributed by atoms with Gasteiger partial charge in [0.15, 0.2) is 0 Å². The average molecular weight is 210 g/mol. The number of rotatable bonds is 1. The third-order valence-corrected chi connectivity index (χ3v) is 3.49. The summed E-state index contributed by atoms with van der Waals surface area (Å²) in [6.07, 6.45) is 5.89. The second-order valence-electron chi connectivity index (χ2n) is 4.20. The van der Waals surface area contributed by atoms with Crippen molar-refractivity contribution in [3.63, 3.8) is 0 Å². The van der Waals surface area contributed by atoms with E-state index in [1.165, 1.54) is 19.3 Å². The van der Waals surface area contributed by atoms with Gasteiger partial charge in [0, 0.05) is 10.6 Å². The fourth-order valence-corrected chi connectivity index (χ4v) is 2.64. The summed E-state index contributed by atoms with van der Waals surface area (Å²) in [6, 6.07) is 7.97. The Labute approximate surface area is 90.3 Å². The van der Waals surface area contributed by atoms with Crippen LogP contribution in [0.2, 0.25) is 5.02 Å². The molecule has 76 valence electrons. The molecule has 0 amide bonds. The van der Waals surface area contributed by atoms with Gasteiger partial charge in [0.2, 0.25) is 0 Å². The fourth-order valence-electron chi connectivity index (χ4n) is 2.32. The Morgan fingerprint density at radius 3 is 2.36 bits per heavy atom. The van der Waals surface area contributed by atoms with Crippen LogP contribution in [-0.2, 0) is 5.54 Å². The minimum atomic E-state index is -0.170. The van der Waals surface area contributed by atoms with Crippen LogP contribution in [0, 0.1) is 0 Å². The topological polar surface area (TPSA) is 26.0 Å². The Kier molecular flexibility index (Phi) is 2.80. The SMILES string of the molecule is NC1(c2ccccc2Cl)CCCCC1. The molecular weight excluding hydrogens is 194 g/mol. The van der Waals surface area contributed by atoms with Crippen molar-refractivity contribution >= 4 is 11.6 Å². The largest absolute Gasteiger partial charge is 0.321 e. The van der Waals surface area contributed by atoms with Crippen molar-refractivity contribution in [1.29, 1.82) is 0 Å². The van der Waals surface area contributed by atoms with E-state index in [2.05, 4.69) is 6.07 Å². The predicted molar refractivity (Wildman–Crippen MR) is 60.4 cm³/mol. The van der Waals surface area contributed by atoms with Crippen molar-refractivity contribution in [3.05, 3.63) is 34.9 Å². The van der Waals surface area contributed by atoms with Gasteiger partial charge in [-0.1, -0.05) is 49.1 Å². The van der Waals surface area contributed by atoms with Gasteiger partial charge in [-0.05, 0) is 24.5 Å². The Hall–Kier alpha value is -0.530. The lowest BCUT2D eigenvalue weighted by Crippen LogP contribution is -2.38. The standard InChI is InChI=1S/C12H16ClN/c13-11-7-3-2-6-10(11)12(14)8-4-1-5-9-12/h2-3,6-7H,1,4-5,8-9,14H2. The van der Waals surface area contributed by atoms with Gasteiger partial charge in [0.1, 0.15) is 0 Å². The van der Waals surface area contributed by atoms with Gasteiger partial charge in [0.25, 0.3) is 0 Å². The van der Waals surface area contributed by atoms with Crippen LogP contribution in [0.25, 0.3) is 0 Å². The highest BCUT2D eigenvalue weighted by atomic mass is 35.5. The summed E-state index contributed by atoms with van der Waals surface area (Å²) in [5.41, 5.74) is 7.35. The molecule has 0 saturated heterocycles. The minimum absolute atomic E-state index is 0.170. The van der Waals surface area contributed by atoms with Gasteiger partial charge in [-0.25, -0.2) is 0 Å². The molecule has 0 aromatic heterocycles. The number of halogens is 1. The second kappa shape index (κ2) is 3.92. The molecule has 2 N–H and O–H groups in total. The molecular formula is C12H16ClN. The summed E-state index contributed by atoms with van der Waals surface area (Å²) >= 11 is 6.17. The number of benzene rings is 1. The van der Waals surface area contributed by atoms with Crippen LogP contribution in [0.3, 0.4) is 0 Å². The highest BCUT2D eigenvalue weighted by Crippen LogP contribution is 2.37. The van der Waals surface area contributed by atoms with Crippen molar-refractivity contribution in [1.82, 2.24) is 0 Å². The van der Waals surface area contributed by atoms with E-state index >= 15 is 0 Å². The first-order chi connectivity index (χ1) is 6.72. The van der Waals surface area contributed by atoms with Crippen molar-refractivity contribution in [2.75, 3.05) is 0 Å². The monoisotopic (exact) mass is 209 g/mol. The first kappa shape index (κ1) is 10.0. The summed E-state index contributed by atoms with van der Waals surface area (Å²) in [6.45, 7) is 0. The van der Waals surface area contributed by atoms with Gasteiger partial charge in [-0.3, -0.25) is 0 Å². The molecule has 1 aromatic rings. The lowest BCUT2D eigenvalue weighted by atomic mass is 9.77. The van der Waals surface area contributed by atoms with Crippen molar-refractivity contribution in [2.45, 2.75) is 37.6 Å². The van der Waals surface area contributed by atoms with Crippen LogP contribution in [0.1, 0.15) is 37.7 Å². The molecule has 1 aromatic carbocycles. The molecule has 1 aliphatic carbocycles. The zero-order valence-corrected chi connectivity index (χ0v) is 9.06.